The summed E-state index contributed by atoms with van der Waals surface area (Å²) in [7, 11) is 1.67. The smallest absolute Gasteiger partial charge is 0.0893 e. The maximum Gasteiger partial charge on any atom is 0.0893 e. The van der Waals surface area contributed by atoms with Gasteiger partial charge in [0.05, 0.1) is 35.6 Å². The van der Waals surface area contributed by atoms with Gasteiger partial charge in [0.1, 0.15) is 0 Å². The number of aromatic nitrogens is 3. The van der Waals surface area contributed by atoms with Gasteiger partial charge in [0, 0.05) is 19.5 Å². The Morgan fingerprint density at radius 3 is 2.95 bits per heavy atom. The van der Waals surface area contributed by atoms with Crippen LogP contribution in [0.2, 0.25) is 0 Å². The summed E-state index contributed by atoms with van der Waals surface area (Å²) in [5.41, 5.74) is 5.97. The van der Waals surface area contributed by atoms with Crippen LogP contribution >= 0.6 is 15.9 Å². The molecule has 20 heavy (non-hydrogen) atoms. The number of nitrogens with one attached hydrogen (secondary N) is 1. The second-order valence-electron chi connectivity index (χ2n) is 4.43. The van der Waals surface area contributed by atoms with E-state index in [1.807, 2.05) is 23.9 Å². The lowest BCUT2D eigenvalue weighted by Crippen LogP contribution is -2.32. The van der Waals surface area contributed by atoms with Crippen LogP contribution in [-0.2, 0) is 11.3 Å². The van der Waals surface area contributed by atoms with Crippen LogP contribution in [0.1, 0.15) is 22.9 Å². The maximum atomic E-state index is 5.77. The molecule has 3 N–H and O–H groups in total. The Labute approximate surface area is 126 Å². The third kappa shape index (κ3) is 3.06. The summed E-state index contributed by atoms with van der Waals surface area (Å²) >= 11 is 3.54. The Bertz CT molecular complexity index is 572. The Balaban J connectivity index is 2.42. The molecule has 0 saturated heterocycles. The lowest BCUT2D eigenvalue weighted by molar-refractivity contribution is 0.182. The van der Waals surface area contributed by atoms with Crippen LogP contribution < -0.4 is 11.3 Å². The minimum Gasteiger partial charge on any atom is -0.383 e. The van der Waals surface area contributed by atoms with Gasteiger partial charge < -0.3 is 4.74 Å². The first kappa shape index (κ1) is 15.1. The van der Waals surface area contributed by atoms with Gasteiger partial charge in [-0.1, -0.05) is 0 Å². The van der Waals surface area contributed by atoms with E-state index in [1.165, 1.54) is 0 Å². The number of rotatable bonds is 6. The van der Waals surface area contributed by atoms with Crippen molar-refractivity contribution in [3.8, 4) is 0 Å². The number of hydrazine groups is 1. The molecule has 1 unspecified atom stereocenters. The zero-order valence-corrected chi connectivity index (χ0v) is 13.1. The SMILES string of the molecule is COCCn1ncc(Br)c1C(NN)c1ccncc1C. The van der Waals surface area contributed by atoms with Crippen molar-refractivity contribution in [2.75, 3.05) is 13.7 Å². The summed E-state index contributed by atoms with van der Waals surface area (Å²) in [5.74, 6) is 5.77. The number of pyridine rings is 1. The van der Waals surface area contributed by atoms with Gasteiger partial charge >= 0.3 is 0 Å². The van der Waals surface area contributed by atoms with E-state index in [0.717, 1.165) is 21.3 Å². The van der Waals surface area contributed by atoms with Crippen LogP contribution in [0.15, 0.2) is 29.1 Å². The van der Waals surface area contributed by atoms with Crippen molar-refractivity contribution < 1.29 is 4.74 Å². The maximum absolute atomic E-state index is 5.77. The van der Waals surface area contributed by atoms with E-state index in [1.54, 1.807) is 19.5 Å². The molecule has 0 aliphatic carbocycles. The van der Waals surface area contributed by atoms with E-state index in [-0.39, 0.29) is 6.04 Å². The molecule has 108 valence electrons. The number of ether oxygens (including phenoxy) is 1. The molecule has 0 bridgehead atoms. The van der Waals surface area contributed by atoms with Crippen molar-refractivity contribution >= 4 is 15.9 Å². The Morgan fingerprint density at radius 2 is 2.30 bits per heavy atom. The highest BCUT2D eigenvalue weighted by atomic mass is 79.9. The molecule has 0 fully saturated rings. The monoisotopic (exact) mass is 339 g/mol. The van der Waals surface area contributed by atoms with Crippen LogP contribution in [0.25, 0.3) is 0 Å². The van der Waals surface area contributed by atoms with Gasteiger partial charge in [0.25, 0.3) is 0 Å². The highest BCUT2D eigenvalue weighted by molar-refractivity contribution is 9.10. The molecule has 2 rings (SSSR count). The Kier molecular flexibility index (Phi) is 5.24. The molecule has 0 amide bonds. The van der Waals surface area contributed by atoms with Crippen LogP contribution in [0.3, 0.4) is 0 Å². The first-order valence-electron chi connectivity index (χ1n) is 6.25. The molecular weight excluding hydrogens is 322 g/mol. The summed E-state index contributed by atoms with van der Waals surface area (Å²) < 4.78 is 7.91. The molecule has 2 aromatic rings. The second kappa shape index (κ2) is 6.94. The van der Waals surface area contributed by atoms with Gasteiger partial charge in [-0.3, -0.25) is 15.5 Å². The second-order valence-corrected chi connectivity index (χ2v) is 5.28. The lowest BCUT2D eigenvalue weighted by atomic mass is 10.0. The van der Waals surface area contributed by atoms with Crippen molar-refractivity contribution in [3.63, 3.8) is 0 Å². The molecule has 0 aliphatic heterocycles. The third-order valence-corrected chi connectivity index (χ3v) is 3.77. The van der Waals surface area contributed by atoms with Gasteiger partial charge in [-0.25, -0.2) is 5.43 Å². The van der Waals surface area contributed by atoms with E-state index in [4.69, 9.17) is 10.6 Å². The van der Waals surface area contributed by atoms with Crippen molar-refractivity contribution in [1.29, 1.82) is 0 Å². The molecule has 0 saturated carbocycles. The van der Waals surface area contributed by atoms with Gasteiger partial charge in [0.2, 0.25) is 0 Å². The number of aryl methyl sites for hydroxylation is 1. The number of nitrogens with zero attached hydrogens (tertiary/aromatic N) is 3. The van der Waals surface area contributed by atoms with Crippen molar-refractivity contribution in [3.05, 3.63) is 46.0 Å². The van der Waals surface area contributed by atoms with E-state index in [2.05, 4.69) is 31.4 Å². The standard InChI is InChI=1S/C13H18BrN5O/c1-9-7-16-4-3-10(9)12(18-15)13-11(14)8-17-19(13)5-6-20-2/h3-4,7-8,12,18H,5-6,15H2,1-2H3. The molecule has 0 spiro atoms. The van der Waals surface area contributed by atoms with E-state index in [0.29, 0.717) is 13.2 Å². The molecule has 7 heteroatoms. The molecule has 6 nitrogen and oxygen atoms in total. The number of hydrogen-bond acceptors (Lipinski definition) is 5. The number of methoxy groups -OCH3 is 1. The first-order chi connectivity index (χ1) is 9.69. The van der Waals surface area contributed by atoms with Crippen LogP contribution in [0, 0.1) is 6.92 Å². The molecule has 0 aliphatic rings. The predicted molar refractivity (Wildman–Crippen MR) is 79.9 cm³/mol. The Morgan fingerprint density at radius 1 is 1.50 bits per heavy atom. The molecule has 0 aromatic carbocycles. The summed E-state index contributed by atoms with van der Waals surface area (Å²) in [6, 6.07) is 1.80. The van der Waals surface area contributed by atoms with Crippen molar-refractivity contribution in [2.45, 2.75) is 19.5 Å². The number of hydrogen-bond donors (Lipinski definition) is 2. The molecule has 0 radical (unpaired) electrons. The topological polar surface area (TPSA) is 78.0 Å². The van der Waals surface area contributed by atoms with E-state index >= 15 is 0 Å². The number of nitrogens with two attached hydrogens (primary N) is 1. The van der Waals surface area contributed by atoms with Crippen LogP contribution in [-0.4, -0.2) is 28.5 Å². The first-order valence-corrected chi connectivity index (χ1v) is 7.05. The zero-order chi connectivity index (χ0) is 14.5. The van der Waals surface area contributed by atoms with Gasteiger partial charge in [0.15, 0.2) is 0 Å². The van der Waals surface area contributed by atoms with Gasteiger partial charge in [-0.2, -0.15) is 5.10 Å². The summed E-state index contributed by atoms with van der Waals surface area (Å²) in [6.45, 7) is 3.27. The summed E-state index contributed by atoms with van der Waals surface area (Å²) in [6.07, 6.45) is 5.35. The van der Waals surface area contributed by atoms with E-state index in [9.17, 15) is 0 Å². The van der Waals surface area contributed by atoms with Gasteiger partial charge in [-0.05, 0) is 40.0 Å². The average Bonchev–Trinajstić information content (AvgIpc) is 2.81. The highest BCUT2D eigenvalue weighted by Crippen LogP contribution is 2.29. The zero-order valence-electron chi connectivity index (χ0n) is 11.5. The quantitative estimate of drug-likeness (QED) is 0.616. The lowest BCUT2D eigenvalue weighted by Gasteiger charge is -2.20. The third-order valence-electron chi connectivity index (χ3n) is 3.16. The fourth-order valence-corrected chi connectivity index (χ4v) is 2.66. The van der Waals surface area contributed by atoms with Crippen molar-refractivity contribution in [1.82, 2.24) is 20.2 Å². The minimum absolute atomic E-state index is 0.160. The largest absolute Gasteiger partial charge is 0.383 e. The predicted octanol–water partition coefficient (Wildman–Crippen LogP) is 1.55. The molecular formula is C13H18BrN5O. The summed E-state index contributed by atoms with van der Waals surface area (Å²) in [5, 5.41) is 4.36. The average molecular weight is 340 g/mol. The molecule has 2 aromatic heterocycles. The van der Waals surface area contributed by atoms with Crippen LogP contribution in [0.4, 0.5) is 0 Å². The number of halogens is 1. The molecule has 2 heterocycles. The summed E-state index contributed by atoms with van der Waals surface area (Å²) in [4.78, 5) is 4.11. The minimum atomic E-state index is -0.160. The van der Waals surface area contributed by atoms with E-state index < -0.39 is 0 Å². The fraction of sp³-hybridized carbons (Fsp3) is 0.385. The van der Waals surface area contributed by atoms with Crippen LogP contribution in [0.5, 0.6) is 0 Å². The molecule has 1 atom stereocenters. The van der Waals surface area contributed by atoms with Gasteiger partial charge in [-0.15, -0.1) is 0 Å². The Hall–Kier alpha value is -1.28. The fourth-order valence-electron chi connectivity index (χ4n) is 2.14. The normalized spacial score (nSPS) is 12.6. The van der Waals surface area contributed by atoms with Crippen molar-refractivity contribution in [2.24, 2.45) is 5.84 Å². The highest BCUT2D eigenvalue weighted by Gasteiger charge is 2.22.